The molecular formula is C98H149N21O19. The van der Waals surface area contributed by atoms with Gasteiger partial charge in [-0.15, -0.1) is 5.10 Å². The summed E-state index contributed by atoms with van der Waals surface area (Å²) in [5.74, 6) is -11.7. The molecule has 1 unspecified atom stereocenters. The lowest BCUT2D eigenvalue weighted by molar-refractivity contribution is -0.142. The number of nitrogens with one attached hydrogen (secondary N) is 16. The third kappa shape index (κ3) is 38.6. The highest BCUT2D eigenvalue weighted by atomic mass is 16.3. The molecule has 0 aliphatic carbocycles. The van der Waals surface area contributed by atoms with Crippen LogP contribution in [-0.4, -0.2) is 258 Å². The van der Waals surface area contributed by atoms with Crippen LogP contribution in [-0.2, 0) is 114 Å². The molecule has 0 spiro atoms. The molecule has 0 saturated carbocycles. The van der Waals surface area contributed by atoms with E-state index < -0.39 is 216 Å². The summed E-state index contributed by atoms with van der Waals surface area (Å²) in [5.41, 5.74) is 27.7. The first-order valence-electron chi connectivity index (χ1n) is 48.0. The highest BCUT2D eigenvalue weighted by molar-refractivity contribution is 6.41. The third-order valence-corrected chi connectivity index (χ3v) is 25.1. The predicted octanol–water partition coefficient (Wildman–Crippen LogP) is 1.30. The van der Waals surface area contributed by atoms with E-state index in [0.29, 0.717) is 61.0 Å². The lowest BCUT2D eigenvalue weighted by Crippen LogP contribution is -2.64. The first-order chi connectivity index (χ1) is 65.2. The Morgan fingerprint density at radius 1 is 0.609 bits per heavy atom. The molecule has 3 aromatic carbocycles. The van der Waals surface area contributed by atoms with Crippen LogP contribution in [0.2, 0.25) is 0 Å². The van der Waals surface area contributed by atoms with E-state index >= 15 is 19.2 Å². The van der Waals surface area contributed by atoms with Crippen molar-refractivity contribution in [2.24, 2.45) is 29.2 Å². The second kappa shape index (κ2) is 57.4. The maximum absolute atomic E-state index is 15.2. The van der Waals surface area contributed by atoms with Crippen LogP contribution in [0.1, 0.15) is 223 Å². The molecule has 5 aromatic rings. The predicted molar refractivity (Wildman–Crippen MR) is 518 cm³/mol. The Morgan fingerprint density at radius 3 is 1.91 bits per heavy atom. The summed E-state index contributed by atoms with van der Waals surface area (Å²) in [5, 5.41) is 57.3. The van der Waals surface area contributed by atoms with Crippen LogP contribution < -0.4 is 91.9 Å². The normalized spacial score (nSPS) is 22.3. The van der Waals surface area contributed by atoms with Crippen molar-refractivity contribution in [3.63, 3.8) is 0 Å². The summed E-state index contributed by atoms with van der Waals surface area (Å²) in [6.45, 7) is 22.9. The Hall–Kier alpha value is -11.2. The van der Waals surface area contributed by atoms with E-state index in [4.69, 9.17) is 11.5 Å². The summed E-state index contributed by atoms with van der Waals surface area (Å²) in [4.78, 5) is 242. The highest BCUT2D eigenvalue weighted by Gasteiger charge is 2.42. The van der Waals surface area contributed by atoms with Gasteiger partial charge in [0.1, 0.15) is 23.9 Å². The van der Waals surface area contributed by atoms with E-state index in [2.05, 4.69) is 95.7 Å². The SMILES string of the molecule is CC[C@H](C)C(NN[C@H](C)C(N)=O)C(=O)CN[C@@H](C)C(=O)CCN[C@@H](C)C(=O)CC(=O)[C@]1(C)CCCc2cn(nn2)CCCCCC[C@@](C)(NC(=O)[C@H](Cc2ccccc2)NN[C@H](C(=O)C(=O)[C@H](CC(C)C)NC(C)=O)[C@@H](C)O)C(=O)CN[C@@H](C)C(=O)CN[C@@H](Cc2ccc(O)cc2)C(=O)N[C@@H](Cc2c[nH]c3ccccc23)C(=O)CN[C@@H](C)C(=O)CC(=O)[C@H](CCC(N)=O)NN[C@@H](CC(C)C)C(=O)N1. The molecule has 40 nitrogen and oxygen atoms in total. The quantitative estimate of drug-likeness (QED) is 0.0149. The number of nitrogens with two attached hydrogens (primary N) is 2. The number of Topliss-reactive ketones (excluding diaryl/α,β-unsaturated/α-hetero) is 11. The molecular weight excluding hydrogens is 1780 g/mol. The first-order valence-corrected chi connectivity index (χ1v) is 48.0. The van der Waals surface area contributed by atoms with Gasteiger partial charge < -0.3 is 69.2 Å². The zero-order valence-electron chi connectivity index (χ0n) is 82.5. The number of aliphatic hydroxyl groups is 1. The Balaban J connectivity index is 1.33. The van der Waals surface area contributed by atoms with Crippen molar-refractivity contribution in [3.8, 4) is 5.75 Å². The fraction of sp³-hybridized carbons (Fsp3) is 0.602. The number of rotatable bonds is 42. The summed E-state index contributed by atoms with van der Waals surface area (Å²) < 4.78 is 1.64. The van der Waals surface area contributed by atoms with Crippen LogP contribution in [0.25, 0.3) is 10.9 Å². The largest absolute Gasteiger partial charge is 0.508 e. The van der Waals surface area contributed by atoms with Crippen molar-refractivity contribution < 1.29 is 91.7 Å². The first kappa shape index (κ1) is 116. The van der Waals surface area contributed by atoms with Crippen molar-refractivity contribution >= 4 is 110 Å². The molecule has 1 aliphatic heterocycles. The van der Waals surface area contributed by atoms with E-state index in [1.807, 2.05) is 45.9 Å². The number of primary amides is 2. The summed E-state index contributed by atoms with van der Waals surface area (Å²) in [6, 6.07) is 7.17. The van der Waals surface area contributed by atoms with Crippen LogP contribution in [0.4, 0.5) is 0 Å². The molecule has 0 fully saturated rings. The standard InChI is InChI=1S/C98H149N21O19/c1-16-58(6)89(116-111-63(11)93(100)135)85(129)53-103-59(7)79(123)38-41-101-60(8)81(125)49-86(130)97(14)40-26-29-69-55-119(118-112-69)42-25-18-17-24-39-98(15,110-96(138)78(46-66-27-20-19-21-28-66)115-117-90(64(12)120)92(134)91(133)75(43-56(2)3)107-65(13)121)87(131)54-104-62(10)83(127)51-106-76(45-67-32-34-70(122)35-33-67)94(136)108-74(47-68-50-105-72-31-23-22-30-71(68)72)84(128)52-102-61(9)80(124)48-82(126)73(36-37-88(99)132)113-114-77(44-57(4)5)95(137)109-97/h19-23,27-28,30-35,50,55-64,73-78,89-90,101-106,111,113-117,120,122H,16-18,24-26,29,36-49,51-54H2,1-15H3,(H2,99,132)(H2,100,135)(H,107,121)(H,108,136)(H,109,137)(H,110,138)/t58-,59-,60-,61-,62-,63+,64+,73-,74-,75-,76-,77-,78-,89?,90-,97-,98+/m0/s1. The number of aromatic nitrogens is 4. The van der Waals surface area contributed by atoms with Gasteiger partial charge in [0, 0.05) is 62.6 Å². The summed E-state index contributed by atoms with van der Waals surface area (Å²) >= 11 is 0. The third-order valence-electron chi connectivity index (χ3n) is 25.1. The molecule has 6 amide bonds. The number of hydrazine groups is 3. The topological polar surface area (TPSA) is 610 Å². The van der Waals surface area contributed by atoms with Gasteiger partial charge in [0.05, 0.1) is 122 Å². The van der Waals surface area contributed by atoms with Gasteiger partial charge in [-0.1, -0.05) is 133 Å². The van der Waals surface area contributed by atoms with Gasteiger partial charge in [-0.3, -0.25) is 91.5 Å². The van der Waals surface area contributed by atoms with Gasteiger partial charge in [0.25, 0.3) is 0 Å². The van der Waals surface area contributed by atoms with Gasteiger partial charge in [0.15, 0.2) is 52.0 Å². The molecule has 2 bridgehead atoms. The second-order valence-electron chi connectivity index (χ2n) is 37.9. The molecule has 6 rings (SSSR count). The van der Waals surface area contributed by atoms with Gasteiger partial charge >= 0.3 is 0 Å². The highest BCUT2D eigenvalue weighted by Crippen LogP contribution is 2.25. The van der Waals surface area contributed by atoms with Crippen LogP contribution in [0.15, 0.2) is 91.3 Å². The van der Waals surface area contributed by atoms with Crippen LogP contribution in [0, 0.1) is 17.8 Å². The van der Waals surface area contributed by atoms with E-state index in [-0.39, 0.29) is 125 Å². The number of aryl methyl sites for hydroxylation is 2. The van der Waals surface area contributed by atoms with Crippen molar-refractivity contribution in [3.05, 3.63) is 114 Å². The maximum Gasteiger partial charge on any atom is 0.239 e. The number of carbonyl (C=O) groups excluding carboxylic acids is 17. The Labute approximate surface area is 807 Å². The second-order valence-corrected chi connectivity index (χ2v) is 37.9. The van der Waals surface area contributed by atoms with Crippen molar-refractivity contribution in [1.82, 2.24) is 100 Å². The van der Waals surface area contributed by atoms with Gasteiger partial charge in [-0.2, -0.15) is 0 Å². The number of hydrogen-bond donors (Lipinski definition) is 20. The molecule has 2 aromatic heterocycles. The number of carbonyl (C=O) groups is 17. The van der Waals surface area contributed by atoms with Crippen molar-refractivity contribution in [2.45, 2.75) is 328 Å². The Morgan fingerprint density at radius 2 is 1.25 bits per heavy atom. The maximum atomic E-state index is 15.2. The molecule has 1 aliphatic rings. The number of benzene rings is 3. The fourth-order valence-corrected chi connectivity index (χ4v) is 15.8. The number of phenols is 1. The summed E-state index contributed by atoms with van der Waals surface area (Å²) in [7, 11) is 0. The molecule has 0 radical (unpaired) electrons. The number of nitrogens with zero attached hydrogens (tertiary/aromatic N) is 3. The average Bonchev–Trinajstić information content (AvgIpc) is 1.23. The number of aromatic hydroxyl groups is 1. The minimum Gasteiger partial charge on any atom is -0.508 e. The number of ketones is 11. The Kier molecular flexibility index (Phi) is 48.1. The summed E-state index contributed by atoms with van der Waals surface area (Å²) in [6.07, 6.45) is 2.74. The van der Waals surface area contributed by atoms with Crippen molar-refractivity contribution in [1.29, 1.82) is 0 Å². The van der Waals surface area contributed by atoms with Gasteiger partial charge in [-0.25, -0.2) is 32.6 Å². The molecule has 138 heavy (non-hydrogen) atoms. The zero-order valence-corrected chi connectivity index (χ0v) is 82.5. The number of H-pyrrole nitrogens is 1. The molecule has 40 heteroatoms. The minimum atomic E-state index is -1.77. The molecule has 22 N–H and O–H groups in total. The number of phenolic OH excluding ortho intramolecular Hbond substituents is 1. The molecule has 0 saturated heterocycles. The van der Waals surface area contributed by atoms with E-state index in [1.54, 1.807) is 100 Å². The molecule has 3 heterocycles. The number of hydrogen-bond acceptors (Lipinski definition) is 32. The molecule has 760 valence electrons. The molecule has 17 atom stereocenters. The smallest absolute Gasteiger partial charge is 0.239 e. The van der Waals surface area contributed by atoms with Gasteiger partial charge in [-0.05, 0) is 172 Å². The van der Waals surface area contributed by atoms with Gasteiger partial charge in [0.2, 0.25) is 47.0 Å². The number of fused-ring (bicyclic) bond motifs is 3. The zero-order chi connectivity index (χ0) is 102. The lowest BCUT2D eigenvalue weighted by Gasteiger charge is -2.33. The Bertz CT molecular complexity index is 4930. The van der Waals surface area contributed by atoms with Crippen molar-refractivity contribution in [2.75, 3.05) is 32.7 Å². The number of aliphatic hydroxyl groups excluding tert-OH is 1. The van der Waals surface area contributed by atoms with E-state index in [1.165, 1.54) is 53.7 Å². The average molecular weight is 1930 g/mol. The number of amides is 6. The van der Waals surface area contributed by atoms with E-state index in [9.17, 15) is 72.5 Å². The monoisotopic (exact) mass is 1920 g/mol. The van der Waals surface area contributed by atoms with E-state index in [0.717, 1.165) is 10.9 Å². The lowest BCUT2D eigenvalue weighted by atomic mass is 9.85. The number of para-hydroxylation sites is 1. The van der Waals surface area contributed by atoms with Crippen LogP contribution in [0.5, 0.6) is 5.75 Å². The van der Waals surface area contributed by atoms with Crippen LogP contribution in [0.3, 0.4) is 0 Å². The fourth-order valence-electron chi connectivity index (χ4n) is 15.8. The number of aromatic amines is 1. The van der Waals surface area contributed by atoms with Crippen LogP contribution >= 0.6 is 0 Å². The minimum absolute atomic E-state index is 0.00357.